The number of benzene rings is 1. The van der Waals surface area contributed by atoms with E-state index in [1.165, 1.54) is 6.20 Å². The van der Waals surface area contributed by atoms with Crippen LogP contribution in [0.15, 0.2) is 30.5 Å². The van der Waals surface area contributed by atoms with Crippen LogP contribution in [0.4, 0.5) is 11.6 Å². The average molecular weight is 500 g/mol. The van der Waals surface area contributed by atoms with E-state index in [2.05, 4.69) is 37.3 Å². The Hall–Kier alpha value is -2.91. The van der Waals surface area contributed by atoms with Gasteiger partial charge in [0.2, 0.25) is 0 Å². The third kappa shape index (κ3) is 5.51. The number of anilines is 2. The van der Waals surface area contributed by atoms with Gasteiger partial charge in [0.05, 0.1) is 6.20 Å². The van der Waals surface area contributed by atoms with Crippen LogP contribution in [-0.2, 0) is 0 Å². The van der Waals surface area contributed by atoms with Crippen molar-refractivity contribution in [2.75, 3.05) is 57.0 Å². The maximum Gasteiger partial charge on any atom is 0.271 e. The molecule has 2 saturated heterocycles. The summed E-state index contributed by atoms with van der Waals surface area (Å²) in [5.41, 5.74) is 0.989. The molecule has 2 fully saturated rings. The highest BCUT2D eigenvalue weighted by molar-refractivity contribution is 6.30. The van der Waals surface area contributed by atoms with Gasteiger partial charge in [0.25, 0.3) is 11.8 Å². The summed E-state index contributed by atoms with van der Waals surface area (Å²) in [5, 5.41) is 6.33. The van der Waals surface area contributed by atoms with E-state index in [1.807, 2.05) is 4.90 Å². The molecule has 0 spiro atoms. The number of rotatable bonds is 6. The van der Waals surface area contributed by atoms with Crippen molar-refractivity contribution in [2.24, 2.45) is 0 Å². The third-order valence-corrected chi connectivity index (χ3v) is 7.31. The lowest BCUT2D eigenvalue weighted by Gasteiger charge is -2.47. The van der Waals surface area contributed by atoms with Gasteiger partial charge in [-0.2, -0.15) is 0 Å². The highest BCUT2D eigenvalue weighted by Gasteiger charge is 2.35. The van der Waals surface area contributed by atoms with Crippen molar-refractivity contribution in [3.63, 3.8) is 0 Å². The van der Waals surface area contributed by atoms with Gasteiger partial charge in [-0.1, -0.05) is 18.5 Å². The predicted molar refractivity (Wildman–Crippen MR) is 138 cm³/mol. The molecule has 4 rings (SSSR count). The van der Waals surface area contributed by atoms with Crippen molar-refractivity contribution in [3.8, 4) is 0 Å². The SMILES string of the molecule is CC[C@H]1CN(c2ncc(C(=O)NC)nc2NC)CCN1C1CCN(C(=O)c2ccc(Cl)cc2)CC1. The molecule has 10 heteroatoms. The van der Waals surface area contributed by atoms with E-state index in [0.29, 0.717) is 34.2 Å². The standard InChI is InChI=1S/C25H34ClN7O2/c1-4-19-16-32(23-22(27-2)30-21(15-29-23)24(34)28-3)13-14-33(19)20-9-11-31(12-10-20)25(35)17-5-7-18(26)8-6-17/h5-8,15,19-20H,4,9-14,16H2,1-3H3,(H,27,30)(H,28,34)/t19-/m0/s1. The van der Waals surface area contributed by atoms with Crippen LogP contribution >= 0.6 is 11.6 Å². The topological polar surface area (TPSA) is 93.7 Å². The number of carbonyl (C=O) groups excluding carboxylic acids is 2. The lowest BCUT2D eigenvalue weighted by Crippen LogP contribution is -2.58. The van der Waals surface area contributed by atoms with Gasteiger partial charge in [-0.3, -0.25) is 14.5 Å². The van der Waals surface area contributed by atoms with Crippen LogP contribution in [0.25, 0.3) is 0 Å². The second kappa shape index (κ2) is 11.2. The molecule has 0 bridgehead atoms. The van der Waals surface area contributed by atoms with Gasteiger partial charge < -0.3 is 20.4 Å². The minimum absolute atomic E-state index is 0.0790. The fourth-order valence-corrected chi connectivity index (χ4v) is 5.23. The summed E-state index contributed by atoms with van der Waals surface area (Å²) in [6.07, 6.45) is 4.51. The molecule has 2 aliphatic heterocycles. The summed E-state index contributed by atoms with van der Waals surface area (Å²) < 4.78 is 0. The van der Waals surface area contributed by atoms with E-state index in [1.54, 1.807) is 38.4 Å². The van der Waals surface area contributed by atoms with E-state index < -0.39 is 0 Å². The van der Waals surface area contributed by atoms with Crippen LogP contribution in [0.5, 0.6) is 0 Å². The second-order valence-corrected chi connectivity index (χ2v) is 9.47. The number of nitrogens with one attached hydrogen (secondary N) is 2. The molecule has 1 atom stereocenters. The molecular weight excluding hydrogens is 466 g/mol. The van der Waals surface area contributed by atoms with Gasteiger partial charge in [0, 0.05) is 69.5 Å². The summed E-state index contributed by atoms with van der Waals surface area (Å²) in [5.74, 6) is 1.22. The maximum atomic E-state index is 12.9. The Morgan fingerprint density at radius 3 is 2.43 bits per heavy atom. The molecule has 35 heavy (non-hydrogen) atoms. The molecule has 0 aliphatic carbocycles. The van der Waals surface area contributed by atoms with Crippen LogP contribution in [-0.4, -0.2) is 90.5 Å². The van der Waals surface area contributed by atoms with Crippen molar-refractivity contribution >= 4 is 35.1 Å². The summed E-state index contributed by atoms with van der Waals surface area (Å²) >= 11 is 5.97. The minimum Gasteiger partial charge on any atom is -0.370 e. The number of amides is 2. The van der Waals surface area contributed by atoms with Crippen molar-refractivity contribution in [1.29, 1.82) is 0 Å². The third-order valence-electron chi connectivity index (χ3n) is 7.06. The fourth-order valence-electron chi connectivity index (χ4n) is 5.10. The number of halogens is 1. The molecule has 0 radical (unpaired) electrons. The maximum absolute atomic E-state index is 12.9. The summed E-state index contributed by atoms with van der Waals surface area (Å²) in [7, 11) is 3.38. The number of piperidine rings is 1. The highest BCUT2D eigenvalue weighted by atomic mass is 35.5. The Balaban J connectivity index is 1.38. The van der Waals surface area contributed by atoms with Gasteiger partial charge in [-0.15, -0.1) is 0 Å². The molecule has 3 heterocycles. The van der Waals surface area contributed by atoms with Crippen LogP contribution in [0.3, 0.4) is 0 Å². The largest absolute Gasteiger partial charge is 0.370 e. The molecular formula is C25H34ClN7O2. The Labute approximate surface area is 211 Å². The van der Waals surface area contributed by atoms with E-state index in [9.17, 15) is 9.59 Å². The molecule has 2 amide bonds. The number of piperazine rings is 1. The Morgan fingerprint density at radius 2 is 1.80 bits per heavy atom. The van der Waals surface area contributed by atoms with Gasteiger partial charge in [-0.05, 0) is 43.5 Å². The zero-order valence-electron chi connectivity index (χ0n) is 20.6. The summed E-state index contributed by atoms with van der Waals surface area (Å²) in [4.78, 5) is 40.7. The number of likely N-dealkylation sites (tertiary alicyclic amines) is 1. The molecule has 0 unspecified atom stereocenters. The number of aromatic nitrogens is 2. The Kier molecular flexibility index (Phi) is 8.07. The average Bonchev–Trinajstić information content (AvgIpc) is 2.92. The quantitative estimate of drug-likeness (QED) is 0.631. The van der Waals surface area contributed by atoms with Gasteiger partial charge in [-0.25, -0.2) is 9.97 Å². The lowest BCUT2D eigenvalue weighted by atomic mass is 9.97. The van der Waals surface area contributed by atoms with Crippen molar-refractivity contribution < 1.29 is 9.59 Å². The van der Waals surface area contributed by atoms with Crippen LogP contribution in [0.2, 0.25) is 5.02 Å². The van der Waals surface area contributed by atoms with Crippen molar-refractivity contribution in [1.82, 2.24) is 25.1 Å². The Bertz CT molecular complexity index is 1040. The first kappa shape index (κ1) is 25.2. The molecule has 188 valence electrons. The molecule has 9 nitrogen and oxygen atoms in total. The van der Waals surface area contributed by atoms with Crippen molar-refractivity contribution in [2.45, 2.75) is 38.3 Å². The zero-order valence-corrected chi connectivity index (χ0v) is 21.4. The van der Waals surface area contributed by atoms with Crippen molar-refractivity contribution in [3.05, 3.63) is 46.7 Å². The monoisotopic (exact) mass is 499 g/mol. The Morgan fingerprint density at radius 1 is 1.09 bits per heavy atom. The van der Waals surface area contributed by atoms with E-state index in [4.69, 9.17) is 11.6 Å². The molecule has 1 aromatic heterocycles. The molecule has 1 aromatic carbocycles. The molecule has 0 saturated carbocycles. The first-order valence-corrected chi connectivity index (χ1v) is 12.6. The predicted octanol–water partition coefficient (Wildman–Crippen LogP) is 2.74. The normalized spacial score (nSPS) is 19.5. The first-order valence-electron chi connectivity index (χ1n) is 12.3. The molecule has 2 N–H and O–H groups in total. The smallest absolute Gasteiger partial charge is 0.271 e. The van der Waals surface area contributed by atoms with Gasteiger partial charge in [0.1, 0.15) is 5.69 Å². The van der Waals surface area contributed by atoms with E-state index >= 15 is 0 Å². The molecule has 2 aliphatic rings. The molecule has 2 aromatic rings. The number of hydrogen-bond acceptors (Lipinski definition) is 7. The van der Waals surface area contributed by atoms with Crippen LogP contribution < -0.4 is 15.5 Å². The van der Waals surface area contributed by atoms with E-state index in [-0.39, 0.29) is 11.8 Å². The van der Waals surface area contributed by atoms with E-state index in [0.717, 1.165) is 57.8 Å². The lowest BCUT2D eigenvalue weighted by molar-refractivity contribution is 0.0491. The summed E-state index contributed by atoms with van der Waals surface area (Å²) in [6.45, 7) is 6.36. The van der Waals surface area contributed by atoms with Crippen LogP contribution in [0, 0.1) is 0 Å². The number of hydrogen-bond donors (Lipinski definition) is 2. The van der Waals surface area contributed by atoms with Gasteiger partial charge >= 0.3 is 0 Å². The number of nitrogens with zero attached hydrogens (tertiary/aromatic N) is 5. The zero-order chi connectivity index (χ0) is 24.9. The first-order chi connectivity index (χ1) is 16.9. The minimum atomic E-state index is -0.252. The number of carbonyl (C=O) groups is 2. The fraction of sp³-hybridized carbons (Fsp3) is 0.520. The van der Waals surface area contributed by atoms with Crippen LogP contribution in [0.1, 0.15) is 47.0 Å². The second-order valence-electron chi connectivity index (χ2n) is 9.03. The highest BCUT2D eigenvalue weighted by Crippen LogP contribution is 2.28. The summed E-state index contributed by atoms with van der Waals surface area (Å²) in [6, 6.07) is 7.98. The van der Waals surface area contributed by atoms with Gasteiger partial charge in [0.15, 0.2) is 11.6 Å².